The van der Waals surface area contributed by atoms with Gasteiger partial charge in [0.15, 0.2) is 0 Å². The molecule has 2 N–H and O–H groups in total. The fourth-order valence-electron chi connectivity index (χ4n) is 3.28. The van der Waals surface area contributed by atoms with Crippen LogP contribution in [0.3, 0.4) is 0 Å². The highest BCUT2D eigenvalue weighted by atomic mass is 19.1. The molecule has 120 valence electrons. The van der Waals surface area contributed by atoms with Crippen LogP contribution in [-0.2, 0) is 4.79 Å². The number of likely N-dealkylation sites (tertiary alicyclic amines) is 1. The lowest BCUT2D eigenvalue weighted by atomic mass is 9.85. The molecule has 3 rings (SSSR count). The molecule has 22 heavy (non-hydrogen) atoms. The van der Waals surface area contributed by atoms with Crippen molar-refractivity contribution in [2.75, 3.05) is 19.6 Å². The van der Waals surface area contributed by atoms with Crippen molar-refractivity contribution >= 4 is 5.91 Å². The molecule has 1 aromatic rings. The minimum absolute atomic E-state index is 0.00751. The molecule has 1 aromatic carbocycles. The van der Waals surface area contributed by atoms with E-state index in [0.717, 1.165) is 12.1 Å². The van der Waals surface area contributed by atoms with Gasteiger partial charge in [-0.05, 0) is 42.9 Å². The van der Waals surface area contributed by atoms with Gasteiger partial charge in [0.25, 0.3) is 0 Å². The molecule has 0 aromatic heterocycles. The van der Waals surface area contributed by atoms with Crippen LogP contribution in [0.1, 0.15) is 37.3 Å². The first-order chi connectivity index (χ1) is 10.6. The minimum atomic E-state index is -0.436. The summed E-state index contributed by atoms with van der Waals surface area (Å²) in [5.74, 6) is 0.376. The first kappa shape index (κ1) is 15.4. The van der Waals surface area contributed by atoms with Gasteiger partial charge in [-0.1, -0.05) is 18.6 Å². The number of carbonyl (C=O) groups is 1. The van der Waals surface area contributed by atoms with Gasteiger partial charge in [-0.3, -0.25) is 9.69 Å². The molecule has 1 heterocycles. The van der Waals surface area contributed by atoms with Crippen LogP contribution in [0.4, 0.5) is 4.39 Å². The number of halogens is 1. The lowest BCUT2D eigenvalue weighted by Gasteiger charge is -2.27. The van der Waals surface area contributed by atoms with E-state index in [4.69, 9.17) is 0 Å². The number of aliphatic hydroxyl groups excluding tert-OH is 1. The van der Waals surface area contributed by atoms with E-state index in [2.05, 4.69) is 5.32 Å². The molecule has 0 bridgehead atoms. The zero-order chi connectivity index (χ0) is 15.5. The monoisotopic (exact) mass is 306 g/mol. The van der Waals surface area contributed by atoms with Crippen LogP contribution < -0.4 is 5.32 Å². The summed E-state index contributed by atoms with van der Waals surface area (Å²) in [5, 5.41) is 12.9. The Labute approximate surface area is 130 Å². The number of nitrogens with one attached hydrogen (secondary N) is 1. The molecule has 1 aliphatic carbocycles. The van der Waals surface area contributed by atoms with Gasteiger partial charge < -0.3 is 10.4 Å². The number of β-amino-alcohol motifs (C(OH)–C–C–N with tert-alkyl or cyclic N) is 1. The standard InChI is InChI=1S/C17H23FN2O2/c18-14-6-4-13(5-7-14)16-8-15(21)10-20(16)11-17(22)19-9-12-2-1-3-12/h4-7,12,15-16,21H,1-3,8-11H2,(H,19,22). The van der Waals surface area contributed by atoms with Crippen LogP contribution in [0.5, 0.6) is 0 Å². The molecular weight excluding hydrogens is 283 g/mol. The Morgan fingerprint density at radius 2 is 2.05 bits per heavy atom. The summed E-state index contributed by atoms with van der Waals surface area (Å²) < 4.78 is 13.0. The number of nitrogens with zero attached hydrogens (tertiary/aromatic N) is 1. The van der Waals surface area contributed by atoms with E-state index in [0.29, 0.717) is 18.9 Å². The lowest BCUT2D eigenvalue weighted by molar-refractivity contribution is -0.122. The van der Waals surface area contributed by atoms with Crippen molar-refractivity contribution in [2.45, 2.75) is 37.8 Å². The van der Waals surface area contributed by atoms with Gasteiger partial charge in [0.1, 0.15) is 5.82 Å². The highest BCUT2D eigenvalue weighted by molar-refractivity contribution is 5.78. The smallest absolute Gasteiger partial charge is 0.234 e. The number of benzene rings is 1. The average Bonchev–Trinajstić information content (AvgIpc) is 2.78. The second-order valence-corrected chi connectivity index (χ2v) is 6.49. The van der Waals surface area contributed by atoms with E-state index in [9.17, 15) is 14.3 Å². The fourth-order valence-corrected chi connectivity index (χ4v) is 3.28. The van der Waals surface area contributed by atoms with E-state index in [1.165, 1.54) is 31.4 Å². The maximum Gasteiger partial charge on any atom is 0.234 e. The Bertz CT molecular complexity index is 516. The van der Waals surface area contributed by atoms with E-state index >= 15 is 0 Å². The van der Waals surface area contributed by atoms with Gasteiger partial charge in [-0.25, -0.2) is 4.39 Å². The van der Waals surface area contributed by atoms with Crippen molar-refractivity contribution < 1.29 is 14.3 Å². The number of hydrogen-bond acceptors (Lipinski definition) is 3. The third-order valence-corrected chi connectivity index (χ3v) is 4.80. The lowest BCUT2D eigenvalue weighted by Crippen LogP contribution is -2.40. The van der Waals surface area contributed by atoms with E-state index in [1.54, 1.807) is 12.1 Å². The molecule has 0 spiro atoms. The van der Waals surface area contributed by atoms with Crippen molar-refractivity contribution in [3.05, 3.63) is 35.6 Å². The summed E-state index contributed by atoms with van der Waals surface area (Å²) in [5.41, 5.74) is 0.949. The molecule has 2 fully saturated rings. The maximum atomic E-state index is 13.0. The molecule has 5 heteroatoms. The Hall–Kier alpha value is -1.46. The highest BCUT2D eigenvalue weighted by Crippen LogP contribution is 2.32. The number of rotatable bonds is 5. The van der Waals surface area contributed by atoms with Gasteiger partial charge in [0.2, 0.25) is 5.91 Å². The molecule has 1 amide bonds. The Kier molecular flexibility index (Phi) is 4.74. The van der Waals surface area contributed by atoms with Crippen molar-refractivity contribution in [2.24, 2.45) is 5.92 Å². The van der Waals surface area contributed by atoms with Crippen molar-refractivity contribution in [1.82, 2.24) is 10.2 Å². The number of carbonyl (C=O) groups excluding carboxylic acids is 1. The minimum Gasteiger partial charge on any atom is -0.392 e. The van der Waals surface area contributed by atoms with Gasteiger partial charge in [-0.2, -0.15) is 0 Å². The quantitative estimate of drug-likeness (QED) is 0.873. The average molecular weight is 306 g/mol. The summed E-state index contributed by atoms with van der Waals surface area (Å²) in [6.07, 6.45) is 3.84. The normalized spacial score (nSPS) is 25.9. The summed E-state index contributed by atoms with van der Waals surface area (Å²) >= 11 is 0. The fraction of sp³-hybridized carbons (Fsp3) is 0.588. The molecule has 1 saturated heterocycles. The predicted molar refractivity (Wildman–Crippen MR) is 81.7 cm³/mol. The van der Waals surface area contributed by atoms with E-state index in [-0.39, 0.29) is 24.3 Å². The van der Waals surface area contributed by atoms with Gasteiger partial charge in [-0.15, -0.1) is 0 Å². The van der Waals surface area contributed by atoms with E-state index in [1.807, 2.05) is 4.90 Å². The number of amides is 1. The topological polar surface area (TPSA) is 52.6 Å². The maximum absolute atomic E-state index is 13.0. The molecule has 2 atom stereocenters. The van der Waals surface area contributed by atoms with Crippen LogP contribution in [0.15, 0.2) is 24.3 Å². The molecule has 2 aliphatic rings. The van der Waals surface area contributed by atoms with Crippen LogP contribution in [-0.4, -0.2) is 41.7 Å². The van der Waals surface area contributed by atoms with Crippen LogP contribution in [0.25, 0.3) is 0 Å². The van der Waals surface area contributed by atoms with Gasteiger partial charge in [0.05, 0.1) is 12.6 Å². The van der Waals surface area contributed by atoms with Gasteiger partial charge >= 0.3 is 0 Å². The summed E-state index contributed by atoms with van der Waals surface area (Å²) in [6, 6.07) is 6.29. The van der Waals surface area contributed by atoms with Crippen molar-refractivity contribution in [3.63, 3.8) is 0 Å². The van der Waals surface area contributed by atoms with Gasteiger partial charge in [0, 0.05) is 19.1 Å². The molecule has 1 aliphatic heterocycles. The zero-order valence-electron chi connectivity index (χ0n) is 12.7. The predicted octanol–water partition coefficient (Wildman–Crippen LogP) is 1.85. The first-order valence-electron chi connectivity index (χ1n) is 8.06. The SMILES string of the molecule is O=C(CN1CC(O)CC1c1ccc(F)cc1)NCC1CCC1. The Balaban J connectivity index is 1.57. The first-order valence-corrected chi connectivity index (χ1v) is 8.06. The Morgan fingerprint density at radius 3 is 2.68 bits per heavy atom. The number of hydrogen-bond donors (Lipinski definition) is 2. The summed E-state index contributed by atoms with van der Waals surface area (Å²) in [6.45, 7) is 1.53. The molecule has 4 nitrogen and oxygen atoms in total. The van der Waals surface area contributed by atoms with Crippen molar-refractivity contribution in [3.8, 4) is 0 Å². The second-order valence-electron chi connectivity index (χ2n) is 6.49. The summed E-state index contributed by atoms with van der Waals surface area (Å²) in [7, 11) is 0. The van der Waals surface area contributed by atoms with Crippen LogP contribution in [0, 0.1) is 11.7 Å². The molecule has 2 unspecified atom stereocenters. The van der Waals surface area contributed by atoms with Crippen LogP contribution in [0.2, 0.25) is 0 Å². The third-order valence-electron chi connectivity index (χ3n) is 4.80. The van der Waals surface area contributed by atoms with Crippen LogP contribution >= 0.6 is 0 Å². The molecular formula is C17H23FN2O2. The Morgan fingerprint density at radius 1 is 1.32 bits per heavy atom. The highest BCUT2D eigenvalue weighted by Gasteiger charge is 2.33. The molecule has 1 saturated carbocycles. The largest absolute Gasteiger partial charge is 0.392 e. The number of aliphatic hydroxyl groups is 1. The summed E-state index contributed by atoms with van der Waals surface area (Å²) in [4.78, 5) is 14.1. The zero-order valence-corrected chi connectivity index (χ0v) is 12.7. The molecule has 0 radical (unpaired) electrons. The second kappa shape index (κ2) is 6.75. The van der Waals surface area contributed by atoms with E-state index < -0.39 is 6.10 Å². The third kappa shape index (κ3) is 3.65. The van der Waals surface area contributed by atoms with Crippen molar-refractivity contribution in [1.29, 1.82) is 0 Å².